The lowest BCUT2D eigenvalue weighted by Crippen LogP contribution is -2.43. The summed E-state index contributed by atoms with van der Waals surface area (Å²) in [6, 6.07) is 0.991. The highest BCUT2D eigenvalue weighted by molar-refractivity contribution is 5.26. The maximum Gasteiger partial charge on any atom is 0.0393 e. The summed E-state index contributed by atoms with van der Waals surface area (Å²) in [7, 11) is 2.33. The molecule has 1 spiro atoms. The van der Waals surface area contributed by atoms with Crippen LogP contribution in [0.1, 0.15) is 32.6 Å². The first-order valence-corrected chi connectivity index (χ1v) is 4.98. The molecule has 11 heavy (non-hydrogen) atoms. The highest BCUT2D eigenvalue weighted by Gasteiger charge is 2.70. The van der Waals surface area contributed by atoms with Crippen molar-refractivity contribution in [1.82, 2.24) is 4.90 Å². The monoisotopic (exact) mass is 151 g/mol. The van der Waals surface area contributed by atoms with Gasteiger partial charge in [0.2, 0.25) is 0 Å². The standard InChI is InChI=1S/C10H17N/c1-7-5-8-3-4-10(8)9(6-7)11(10)2/h7-9H,3-6H2,1-2H3/t7-,8+,9+,10?,11?/m1/s1. The van der Waals surface area contributed by atoms with Crippen molar-refractivity contribution in [3.63, 3.8) is 0 Å². The van der Waals surface area contributed by atoms with E-state index in [0.29, 0.717) is 0 Å². The average molecular weight is 151 g/mol. The van der Waals surface area contributed by atoms with Crippen molar-refractivity contribution in [2.45, 2.75) is 44.2 Å². The number of likely N-dealkylation sites (N-methyl/N-ethyl adjacent to an activating group) is 1. The summed E-state index contributed by atoms with van der Waals surface area (Å²) in [5.41, 5.74) is 0.756. The first-order valence-electron chi connectivity index (χ1n) is 4.98. The van der Waals surface area contributed by atoms with Crippen LogP contribution in [0.4, 0.5) is 0 Å². The molecular weight excluding hydrogens is 134 g/mol. The topological polar surface area (TPSA) is 3.01 Å². The lowest BCUT2D eigenvalue weighted by atomic mass is 9.62. The molecule has 3 aliphatic rings. The van der Waals surface area contributed by atoms with Crippen LogP contribution in [0.25, 0.3) is 0 Å². The van der Waals surface area contributed by atoms with E-state index in [4.69, 9.17) is 0 Å². The third kappa shape index (κ3) is 0.547. The molecule has 5 atom stereocenters. The predicted molar refractivity (Wildman–Crippen MR) is 45.4 cm³/mol. The molecule has 0 aromatic heterocycles. The minimum Gasteiger partial charge on any atom is -0.294 e. The lowest BCUT2D eigenvalue weighted by Gasteiger charge is -2.42. The molecule has 1 heteroatoms. The molecule has 1 aliphatic heterocycles. The summed E-state index contributed by atoms with van der Waals surface area (Å²) in [5, 5.41) is 0. The van der Waals surface area contributed by atoms with Crippen LogP contribution in [0.15, 0.2) is 0 Å². The van der Waals surface area contributed by atoms with Gasteiger partial charge in [0.25, 0.3) is 0 Å². The number of hydrogen-bond donors (Lipinski definition) is 0. The number of rotatable bonds is 0. The molecule has 0 amide bonds. The molecule has 2 saturated carbocycles. The smallest absolute Gasteiger partial charge is 0.0393 e. The molecule has 0 aromatic carbocycles. The van der Waals surface area contributed by atoms with Crippen LogP contribution in [-0.2, 0) is 0 Å². The molecule has 0 radical (unpaired) electrons. The Morgan fingerprint density at radius 2 is 2.18 bits per heavy atom. The molecule has 62 valence electrons. The fourth-order valence-corrected chi connectivity index (χ4v) is 3.76. The molecule has 2 unspecified atom stereocenters. The summed E-state index contributed by atoms with van der Waals surface area (Å²) in [6.45, 7) is 2.42. The Labute approximate surface area is 68.8 Å². The molecule has 1 nitrogen and oxygen atoms in total. The van der Waals surface area contributed by atoms with Gasteiger partial charge < -0.3 is 0 Å². The lowest BCUT2D eigenvalue weighted by molar-refractivity contribution is 0.122. The van der Waals surface area contributed by atoms with Crippen LogP contribution in [0, 0.1) is 11.8 Å². The van der Waals surface area contributed by atoms with E-state index in [1.807, 2.05) is 0 Å². The molecule has 3 fully saturated rings. The molecular formula is C10H17N. The van der Waals surface area contributed by atoms with E-state index in [1.165, 1.54) is 25.7 Å². The Kier molecular flexibility index (Phi) is 0.976. The van der Waals surface area contributed by atoms with Crippen LogP contribution in [0.2, 0.25) is 0 Å². The molecule has 0 N–H and O–H groups in total. The van der Waals surface area contributed by atoms with Gasteiger partial charge in [0.15, 0.2) is 0 Å². The number of nitrogens with zero attached hydrogens (tertiary/aromatic N) is 1. The molecule has 0 bridgehead atoms. The van der Waals surface area contributed by atoms with Crippen molar-refractivity contribution in [2.24, 2.45) is 11.8 Å². The fourth-order valence-electron chi connectivity index (χ4n) is 3.76. The van der Waals surface area contributed by atoms with E-state index in [-0.39, 0.29) is 0 Å². The Balaban J connectivity index is 1.88. The van der Waals surface area contributed by atoms with Crippen LogP contribution >= 0.6 is 0 Å². The summed E-state index contributed by atoms with van der Waals surface area (Å²) in [6.07, 6.45) is 6.02. The van der Waals surface area contributed by atoms with Crippen molar-refractivity contribution < 1.29 is 0 Å². The van der Waals surface area contributed by atoms with E-state index in [2.05, 4.69) is 18.9 Å². The summed E-state index contributed by atoms with van der Waals surface area (Å²) >= 11 is 0. The SMILES string of the molecule is C[C@@H]1C[C@@H]2CCC23[C@H](C1)N3C. The van der Waals surface area contributed by atoms with Crippen molar-refractivity contribution in [3.8, 4) is 0 Å². The van der Waals surface area contributed by atoms with E-state index in [9.17, 15) is 0 Å². The van der Waals surface area contributed by atoms with Gasteiger partial charge in [-0.3, -0.25) is 4.90 Å². The van der Waals surface area contributed by atoms with Crippen LogP contribution in [0.3, 0.4) is 0 Å². The number of likely N-dealkylation sites (tertiary alicyclic amines) is 1. The number of hydrogen-bond acceptors (Lipinski definition) is 1. The molecule has 3 rings (SSSR count). The minimum atomic E-state index is 0.756. The zero-order chi connectivity index (χ0) is 7.64. The van der Waals surface area contributed by atoms with Gasteiger partial charge in [0.1, 0.15) is 0 Å². The second-order valence-corrected chi connectivity index (χ2v) is 4.93. The normalized spacial score (nSPS) is 66.0. The van der Waals surface area contributed by atoms with Crippen molar-refractivity contribution in [2.75, 3.05) is 7.05 Å². The van der Waals surface area contributed by atoms with Crippen LogP contribution in [0.5, 0.6) is 0 Å². The van der Waals surface area contributed by atoms with Gasteiger partial charge in [-0.05, 0) is 44.6 Å². The molecule has 2 aliphatic carbocycles. The average Bonchev–Trinajstić information content (AvgIpc) is 2.51. The second-order valence-electron chi connectivity index (χ2n) is 4.93. The van der Waals surface area contributed by atoms with Gasteiger partial charge in [-0.25, -0.2) is 0 Å². The third-order valence-electron chi connectivity index (χ3n) is 4.55. The maximum absolute atomic E-state index is 2.64. The van der Waals surface area contributed by atoms with Gasteiger partial charge in [-0.2, -0.15) is 0 Å². The Morgan fingerprint density at radius 3 is 2.73 bits per heavy atom. The summed E-state index contributed by atoms with van der Waals surface area (Å²) in [4.78, 5) is 2.64. The van der Waals surface area contributed by atoms with E-state index < -0.39 is 0 Å². The van der Waals surface area contributed by atoms with Gasteiger partial charge in [0, 0.05) is 11.6 Å². The fraction of sp³-hybridized carbons (Fsp3) is 1.00. The summed E-state index contributed by atoms with van der Waals surface area (Å²) < 4.78 is 0. The summed E-state index contributed by atoms with van der Waals surface area (Å²) in [5.74, 6) is 2.09. The predicted octanol–water partition coefficient (Wildman–Crippen LogP) is 1.88. The van der Waals surface area contributed by atoms with Gasteiger partial charge >= 0.3 is 0 Å². The van der Waals surface area contributed by atoms with Gasteiger partial charge in [-0.1, -0.05) is 6.92 Å². The second kappa shape index (κ2) is 1.66. The highest BCUT2D eigenvalue weighted by Crippen LogP contribution is 2.64. The first-order chi connectivity index (χ1) is 5.25. The van der Waals surface area contributed by atoms with Crippen molar-refractivity contribution in [3.05, 3.63) is 0 Å². The van der Waals surface area contributed by atoms with Crippen LogP contribution < -0.4 is 0 Å². The quantitative estimate of drug-likeness (QED) is 0.478. The third-order valence-corrected chi connectivity index (χ3v) is 4.55. The van der Waals surface area contributed by atoms with E-state index in [1.54, 1.807) is 0 Å². The molecule has 1 saturated heterocycles. The molecule has 0 aromatic rings. The highest BCUT2D eigenvalue weighted by atomic mass is 15.4. The first kappa shape index (κ1) is 6.47. The molecule has 1 heterocycles. The Morgan fingerprint density at radius 1 is 1.36 bits per heavy atom. The zero-order valence-corrected chi connectivity index (χ0v) is 7.51. The van der Waals surface area contributed by atoms with Gasteiger partial charge in [0.05, 0.1) is 0 Å². The van der Waals surface area contributed by atoms with Crippen molar-refractivity contribution >= 4 is 0 Å². The van der Waals surface area contributed by atoms with Gasteiger partial charge in [-0.15, -0.1) is 0 Å². The Bertz CT molecular complexity index is 191. The zero-order valence-electron chi connectivity index (χ0n) is 7.51. The minimum absolute atomic E-state index is 0.756. The van der Waals surface area contributed by atoms with Crippen LogP contribution in [-0.4, -0.2) is 23.5 Å². The van der Waals surface area contributed by atoms with E-state index >= 15 is 0 Å². The van der Waals surface area contributed by atoms with E-state index in [0.717, 1.165) is 23.4 Å². The largest absolute Gasteiger partial charge is 0.294 e. The van der Waals surface area contributed by atoms with Crippen molar-refractivity contribution in [1.29, 1.82) is 0 Å². The maximum atomic E-state index is 2.64. The Hall–Kier alpha value is -0.0400.